The number of benzene rings is 1. The number of nitrogen functional groups attached to an aromatic ring is 1. The first-order valence-electron chi connectivity index (χ1n) is 11.2. The number of H-pyrrole nitrogens is 1. The van der Waals surface area contributed by atoms with Crippen LogP contribution in [0.5, 0.6) is 5.75 Å². The van der Waals surface area contributed by atoms with Crippen LogP contribution >= 0.6 is 0 Å². The minimum Gasteiger partial charge on any atom is -0.490 e. The van der Waals surface area contributed by atoms with Gasteiger partial charge in [-0.1, -0.05) is 19.9 Å². The highest BCUT2D eigenvalue weighted by molar-refractivity contribution is 5.91. The summed E-state index contributed by atoms with van der Waals surface area (Å²) in [4.78, 5) is 23.9. The number of anilines is 1. The van der Waals surface area contributed by atoms with Gasteiger partial charge in [0.1, 0.15) is 29.5 Å². The standard InChI is InChI=1S/C25H32N6O3/c1-15(2)12-25(6,31-23(32)34-24(3,4)5)14-33-19-8-7-16(11-17(19)13-26)18-9-10-28-21-20(18)29-22(27)30-21/h7-11,15H,12,14H2,1-6H3,(H,31,32)(H3,27,28,29,30). The summed E-state index contributed by atoms with van der Waals surface area (Å²) in [7, 11) is 0. The largest absolute Gasteiger partial charge is 0.490 e. The van der Waals surface area contributed by atoms with Gasteiger partial charge in [0.25, 0.3) is 0 Å². The SMILES string of the molecule is CC(C)CC(C)(COc1ccc(-c2ccnc3[nH]c(N)nc23)cc1C#N)NC(=O)OC(C)(C)C. The van der Waals surface area contributed by atoms with Gasteiger partial charge in [-0.15, -0.1) is 0 Å². The van der Waals surface area contributed by atoms with E-state index < -0.39 is 17.2 Å². The van der Waals surface area contributed by atoms with Crippen LogP contribution in [0.2, 0.25) is 0 Å². The molecule has 3 rings (SSSR count). The number of hydrogen-bond acceptors (Lipinski definition) is 7. The molecule has 1 unspecified atom stereocenters. The van der Waals surface area contributed by atoms with E-state index in [-0.39, 0.29) is 12.6 Å². The molecule has 0 radical (unpaired) electrons. The van der Waals surface area contributed by atoms with Crippen molar-refractivity contribution in [3.63, 3.8) is 0 Å². The quantitative estimate of drug-likeness (QED) is 0.457. The average Bonchev–Trinajstić information content (AvgIpc) is 3.10. The van der Waals surface area contributed by atoms with Gasteiger partial charge >= 0.3 is 6.09 Å². The average molecular weight is 465 g/mol. The number of nitriles is 1. The molecule has 1 atom stereocenters. The number of alkyl carbamates (subject to hydrolysis) is 1. The number of nitrogens with zero attached hydrogens (tertiary/aromatic N) is 3. The third kappa shape index (κ3) is 6.16. The number of pyridine rings is 1. The van der Waals surface area contributed by atoms with E-state index in [1.165, 1.54) is 0 Å². The Labute approximate surface area is 199 Å². The fraction of sp³-hybridized carbons (Fsp3) is 0.440. The van der Waals surface area contributed by atoms with Crippen molar-refractivity contribution >= 4 is 23.2 Å². The van der Waals surface area contributed by atoms with Crippen LogP contribution in [0.25, 0.3) is 22.3 Å². The molecule has 3 aromatic rings. The van der Waals surface area contributed by atoms with Crippen molar-refractivity contribution in [1.82, 2.24) is 20.3 Å². The van der Waals surface area contributed by atoms with Crippen LogP contribution in [0.15, 0.2) is 30.5 Å². The lowest BCUT2D eigenvalue weighted by molar-refractivity contribution is 0.0408. The van der Waals surface area contributed by atoms with Crippen molar-refractivity contribution in [2.45, 2.75) is 59.1 Å². The molecule has 1 aromatic carbocycles. The molecule has 2 heterocycles. The summed E-state index contributed by atoms with van der Waals surface area (Å²) < 4.78 is 11.5. The number of aromatic amines is 1. The number of aromatic nitrogens is 3. The van der Waals surface area contributed by atoms with Gasteiger partial charge in [-0.2, -0.15) is 5.26 Å². The number of amides is 1. The maximum atomic E-state index is 12.4. The van der Waals surface area contributed by atoms with Gasteiger partial charge in [-0.05, 0) is 63.8 Å². The molecular formula is C25H32N6O3. The molecule has 180 valence electrons. The van der Waals surface area contributed by atoms with Crippen molar-refractivity contribution < 1.29 is 14.3 Å². The van der Waals surface area contributed by atoms with E-state index in [0.29, 0.717) is 34.8 Å². The monoisotopic (exact) mass is 464 g/mol. The molecule has 0 fully saturated rings. The number of nitrogens with one attached hydrogen (secondary N) is 2. The smallest absolute Gasteiger partial charge is 0.408 e. The molecule has 0 saturated carbocycles. The molecule has 0 aliphatic rings. The maximum Gasteiger partial charge on any atom is 0.408 e. The van der Waals surface area contributed by atoms with Crippen LogP contribution in [0.3, 0.4) is 0 Å². The summed E-state index contributed by atoms with van der Waals surface area (Å²) in [5.74, 6) is 1.01. The summed E-state index contributed by atoms with van der Waals surface area (Å²) in [6, 6.07) is 9.38. The van der Waals surface area contributed by atoms with E-state index in [1.54, 1.807) is 18.3 Å². The van der Waals surface area contributed by atoms with Crippen LogP contribution < -0.4 is 15.8 Å². The molecule has 0 bridgehead atoms. The van der Waals surface area contributed by atoms with Crippen LogP contribution in [0.1, 0.15) is 53.5 Å². The number of rotatable bonds is 7. The lowest BCUT2D eigenvalue weighted by Crippen LogP contribution is -2.52. The molecule has 0 spiro atoms. The Morgan fingerprint density at radius 3 is 2.65 bits per heavy atom. The summed E-state index contributed by atoms with van der Waals surface area (Å²) in [6.07, 6.45) is 1.82. The lowest BCUT2D eigenvalue weighted by atomic mass is 9.91. The van der Waals surface area contributed by atoms with Gasteiger partial charge in [0.05, 0.1) is 11.1 Å². The Balaban J connectivity index is 1.83. The van der Waals surface area contributed by atoms with Gasteiger partial charge in [-0.25, -0.2) is 14.8 Å². The van der Waals surface area contributed by atoms with Crippen molar-refractivity contribution in [3.05, 3.63) is 36.0 Å². The topological polar surface area (TPSA) is 139 Å². The van der Waals surface area contributed by atoms with Crippen LogP contribution in [0, 0.1) is 17.2 Å². The molecule has 4 N–H and O–H groups in total. The molecule has 0 saturated heterocycles. The molecule has 2 aromatic heterocycles. The Bertz CT molecular complexity index is 1220. The summed E-state index contributed by atoms with van der Waals surface area (Å²) in [6.45, 7) is 11.7. The number of imidazole rings is 1. The minimum atomic E-state index is -0.689. The number of ether oxygens (including phenoxy) is 2. The normalized spacial score (nSPS) is 13.4. The van der Waals surface area contributed by atoms with Gasteiger partial charge in [0.2, 0.25) is 0 Å². The Hall–Kier alpha value is -3.80. The predicted molar refractivity (Wildman–Crippen MR) is 131 cm³/mol. The zero-order chi connectivity index (χ0) is 25.1. The van der Waals surface area contributed by atoms with Crippen molar-refractivity contribution in [2.75, 3.05) is 12.3 Å². The number of fused-ring (bicyclic) bond motifs is 1. The lowest BCUT2D eigenvalue weighted by Gasteiger charge is -2.33. The fourth-order valence-corrected chi connectivity index (χ4v) is 3.91. The van der Waals surface area contributed by atoms with Crippen LogP contribution in [-0.4, -0.2) is 38.8 Å². The van der Waals surface area contributed by atoms with Crippen LogP contribution in [-0.2, 0) is 4.74 Å². The zero-order valence-corrected chi connectivity index (χ0v) is 20.5. The van der Waals surface area contributed by atoms with E-state index in [4.69, 9.17) is 15.2 Å². The molecule has 9 heteroatoms. The first-order chi connectivity index (χ1) is 15.9. The number of carbonyl (C=O) groups is 1. The van der Waals surface area contributed by atoms with E-state index in [2.05, 4.69) is 40.2 Å². The molecule has 34 heavy (non-hydrogen) atoms. The second-order valence-electron chi connectivity index (χ2n) is 10.1. The maximum absolute atomic E-state index is 12.4. The van der Waals surface area contributed by atoms with E-state index in [1.807, 2.05) is 39.8 Å². The summed E-state index contributed by atoms with van der Waals surface area (Å²) >= 11 is 0. The molecule has 0 aliphatic carbocycles. The molecule has 1 amide bonds. The van der Waals surface area contributed by atoms with Crippen molar-refractivity contribution in [1.29, 1.82) is 5.26 Å². The van der Waals surface area contributed by atoms with E-state index >= 15 is 0 Å². The highest BCUT2D eigenvalue weighted by Gasteiger charge is 2.31. The molecular weight excluding hydrogens is 432 g/mol. The van der Waals surface area contributed by atoms with Crippen molar-refractivity contribution in [3.8, 4) is 22.9 Å². The Kier molecular flexibility index (Phi) is 7.01. The summed E-state index contributed by atoms with van der Waals surface area (Å²) in [5, 5.41) is 12.7. The highest BCUT2D eigenvalue weighted by atomic mass is 16.6. The Morgan fingerprint density at radius 2 is 2.00 bits per heavy atom. The number of carbonyl (C=O) groups excluding carboxylic acids is 1. The molecule has 0 aliphatic heterocycles. The highest BCUT2D eigenvalue weighted by Crippen LogP contribution is 2.31. The number of nitrogens with two attached hydrogens (primary N) is 1. The van der Waals surface area contributed by atoms with Crippen LogP contribution in [0.4, 0.5) is 10.7 Å². The second kappa shape index (κ2) is 9.59. The summed E-state index contributed by atoms with van der Waals surface area (Å²) in [5.41, 5.74) is 7.66. The van der Waals surface area contributed by atoms with Gasteiger partial charge < -0.3 is 25.5 Å². The van der Waals surface area contributed by atoms with E-state index in [9.17, 15) is 10.1 Å². The third-order valence-corrected chi connectivity index (χ3v) is 5.02. The van der Waals surface area contributed by atoms with E-state index in [0.717, 1.165) is 11.1 Å². The Morgan fingerprint density at radius 1 is 1.26 bits per heavy atom. The van der Waals surface area contributed by atoms with Crippen molar-refractivity contribution in [2.24, 2.45) is 5.92 Å². The zero-order valence-electron chi connectivity index (χ0n) is 20.5. The fourth-order valence-electron chi connectivity index (χ4n) is 3.91. The second-order valence-corrected chi connectivity index (χ2v) is 10.1. The first kappa shape index (κ1) is 24.8. The minimum absolute atomic E-state index is 0.174. The van der Waals surface area contributed by atoms with Gasteiger partial charge in [-0.3, -0.25) is 0 Å². The third-order valence-electron chi connectivity index (χ3n) is 5.02. The van der Waals surface area contributed by atoms with Gasteiger partial charge in [0, 0.05) is 11.8 Å². The number of hydrogen-bond donors (Lipinski definition) is 3. The first-order valence-corrected chi connectivity index (χ1v) is 11.2. The molecule has 9 nitrogen and oxygen atoms in total. The van der Waals surface area contributed by atoms with Gasteiger partial charge in [0.15, 0.2) is 11.6 Å². The predicted octanol–water partition coefficient (Wildman–Crippen LogP) is 4.79.